The van der Waals surface area contributed by atoms with Gasteiger partial charge in [0.25, 0.3) is 5.89 Å². The smallest absolute Gasteiger partial charge is 0.255 e. The minimum Gasteiger partial charge on any atom is -0.502 e. The van der Waals surface area contributed by atoms with Crippen molar-refractivity contribution < 1.29 is 23.8 Å². The Bertz CT molecular complexity index is 795. The van der Waals surface area contributed by atoms with Crippen LogP contribution in [-0.4, -0.2) is 22.6 Å². The van der Waals surface area contributed by atoms with E-state index in [0.29, 0.717) is 25.3 Å². The van der Waals surface area contributed by atoms with Crippen LogP contribution in [0.2, 0.25) is 0 Å². The Hall–Kier alpha value is -2.40. The molecule has 6 heteroatoms. The molecule has 0 bridgehead atoms. The van der Waals surface area contributed by atoms with Crippen LogP contribution in [-0.2, 0) is 26.5 Å². The van der Waals surface area contributed by atoms with Crippen LogP contribution in [0.25, 0.3) is 0 Å². The third-order valence-corrected chi connectivity index (χ3v) is 4.76. The minimum atomic E-state index is -1.00. The number of hydrogen-bond donors (Lipinski definition) is 1. The summed E-state index contributed by atoms with van der Waals surface area (Å²) < 4.78 is 17.4. The number of ether oxygens (including phenoxy) is 2. The maximum absolute atomic E-state index is 10.4. The molecule has 0 radical (unpaired) electrons. The van der Waals surface area contributed by atoms with Crippen LogP contribution in [0.4, 0.5) is 0 Å². The van der Waals surface area contributed by atoms with Gasteiger partial charge in [0.05, 0.1) is 18.9 Å². The van der Waals surface area contributed by atoms with Gasteiger partial charge in [-0.25, -0.2) is 9.78 Å². The summed E-state index contributed by atoms with van der Waals surface area (Å²) in [6.45, 7) is 4.44. The molecule has 2 aromatic rings. The summed E-state index contributed by atoms with van der Waals surface area (Å²) in [6.07, 6.45) is 5.50. The lowest BCUT2D eigenvalue weighted by molar-refractivity contribution is -0.305. The minimum absolute atomic E-state index is 0.121. The van der Waals surface area contributed by atoms with Gasteiger partial charge >= 0.3 is 0 Å². The van der Waals surface area contributed by atoms with E-state index >= 15 is 0 Å². The van der Waals surface area contributed by atoms with Crippen LogP contribution >= 0.6 is 0 Å². The summed E-state index contributed by atoms with van der Waals surface area (Å²) in [5, 5.41) is 9.26. The van der Waals surface area contributed by atoms with Crippen molar-refractivity contribution in [2.24, 2.45) is 0 Å². The average molecular weight is 357 g/mol. The molecule has 1 fully saturated rings. The molecule has 2 heterocycles. The quantitative estimate of drug-likeness (QED) is 0.623. The SMILES string of the molecule is Cc1c(CCCC(O)=C=O)cccc1C1CCOC(C)(c2ncco2)O1. The lowest BCUT2D eigenvalue weighted by Crippen LogP contribution is -2.37. The molecule has 1 aromatic carbocycles. The van der Waals surface area contributed by atoms with E-state index in [1.165, 1.54) is 17.8 Å². The van der Waals surface area contributed by atoms with Gasteiger partial charge in [0.1, 0.15) is 6.26 Å². The van der Waals surface area contributed by atoms with Gasteiger partial charge in [0.2, 0.25) is 5.79 Å². The van der Waals surface area contributed by atoms with Crippen molar-refractivity contribution >= 4 is 5.94 Å². The summed E-state index contributed by atoms with van der Waals surface area (Å²) >= 11 is 0. The highest BCUT2D eigenvalue weighted by atomic mass is 16.7. The van der Waals surface area contributed by atoms with Crippen molar-refractivity contribution in [2.75, 3.05) is 6.61 Å². The van der Waals surface area contributed by atoms with E-state index in [2.05, 4.69) is 24.0 Å². The largest absolute Gasteiger partial charge is 0.502 e. The average Bonchev–Trinajstić information content (AvgIpc) is 3.18. The number of aromatic nitrogens is 1. The van der Waals surface area contributed by atoms with Gasteiger partial charge in [-0.1, -0.05) is 18.2 Å². The van der Waals surface area contributed by atoms with Crippen molar-refractivity contribution in [3.05, 3.63) is 59.0 Å². The Kier molecular flexibility index (Phi) is 5.57. The van der Waals surface area contributed by atoms with Gasteiger partial charge in [0, 0.05) is 12.8 Å². The Balaban J connectivity index is 1.76. The van der Waals surface area contributed by atoms with Gasteiger partial charge in [-0.3, -0.25) is 0 Å². The normalized spacial score (nSPS) is 22.8. The number of allylic oxidation sites excluding steroid dienone is 1. The molecule has 0 saturated carbocycles. The Morgan fingerprint density at radius 2 is 2.31 bits per heavy atom. The monoisotopic (exact) mass is 357 g/mol. The first-order chi connectivity index (χ1) is 12.5. The third kappa shape index (κ3) is 3.88. The molecule has 0 aliphatic carbocycles. The number of aliphatic hydroxyl groups excluding tert-OH is 1. The van der Waals surface area contributed by atoms with Gasteiger partial charge in [-0.05, 0) is 43.4 Å². The van der Waals surface area contributed by atoms with E-state index in [9.17, 15) is 9.90 Å². The third-order valence-electron chi connectivity index (χ3n) is 4.76. The summed E-state index contributed by atoms with van der Waals surface area (Å²) in [5.41, 5.74) is 3.44. The topological polar surface area (TPSA) is 81.8 Å². The molecule has 2 atom stereocenters. The molecule has 1 aromatic heterocycles. The summed E-state index contributed by atoms with van der Waals surface area (Å²) in [5.74, 6) is 0.701. The maximum Gasteiger partial charge on any atom is 0.255 e. The lowest BCUT2D eigenvalue weighted by Gasteiger charge is -2.37. The molecule has 1 saturated heterocycles. The molecule has 26 heavy (non-hydrogen) atoms. The summed E-state index contributed by atoms with van der Waals surface area (Å²) in [7, 11) is 0. The number of carbonyl (C=O) groups excluding carboxylic acids is 1. The second-order valence-electron chi connectivity index (χ2n) is 6.56. The van der Waals surface area contributed by atoms with E-state index < -0.39 is 5.79 Å². The second kappa shape index (κ2) is 7.87. The highest BCUT2D eigenvalue weighted by Crippen LogP contribution is 2.39. The molecule has 138 valence electrons. The first-order valence-electron chi connectivity index (χ1n) is 8.76. The molecule has 1 N–H and O–H groups in total. The summed E-state index contributed by atoms with van der Waals surface area (Å²) in [6, 6.07) is 6.13. The number of aryl methyl sites for hydroxylation is 1. The van der Waals surface area contributed by atoms with E-state index in [1.807, 2.05) is 13.0 Å². The Morgan fingerprint density at radius 3 is 3.04 bits per heavy atom. The van der Waals surface area contributed by atoms with Gasteiger partial charge in [0.15, 0.2) is 11.7 Å². The predicted octanol–water partition coefficient (Wildman–Crippen LogP) is 3.93. The second-order valence-corrected chi connectivity index (χ2v) is 6.56. The van der Waals surface area contributed by atoms with Crippen molar-refractivity contribution in [2.45, 2.75) is 51.4 Å². The lowest BCUT2D eigenvalue weighted by atomic mass is 9.93. The maximum atomic E-state index is 10.4. The van der Waals surface area contributed by atoms with Crippen LogP contribution in [0.3, 0.4) is 0 Å². The van der Waals surface area contributed by atoms with E-state index in [1.54, 1.807) is 6.20 Å². The molecule has 1 aliphatic heterocycles. The van der Waals surface area contributed by atoms with Crippen LogP contribution in [0, 0.1) is 6.92 Å². The fourth-order valence-electron chi connectivity index (χ4n) is 3.32. The van der Waals surface area contributed by atoms with Gasteiger partial charge < -0.3 is 19.0 Å². The number of nitrogens with zero attached hydrogens (tertiary/aromatic N) is 1. The fraction of sp³-hybridized carbons (Fsp3) is 0.450. The molecular weight excluding hydrogens is 334 g/mol. The van der Waals surface area contributed by atoms with E-state index in [-0.39, 0.29) is 11.9 Å². The number of benzene rings is 1. The highest BCUT2D eigenvalue weighted by Gasteiger charge is 2.40. The molecule has 6 nitrogen and oxygen atoms in total. The molecule has 3 rings (SSSR count). The van der Waals surface area contributed by atoms with Crippen LogP contribution in [0.15, 0.2) is 40.8 Å². The first kappa shape index (κ1) is 18.4. The Labute approximate surface area is 152 Å². The number of rotatable bonds is 6. The van der Waals surface area contributed by atoms with Gasteiger partial charge in [-0.15, -0.1) is 0 Å². The van der Waals surface area contributed by atoms with Crippen LogP contribution in [0.5, 0.6) is 0 Å². The first-order valence-corrected chi connectivity index (χ1v) is 8.76. The van der Waals surface area contributed by atoms with E-state index in [0.717, 1.165) is 24.0 Å². The van der Waals surface area contributed by atoms with Crippen molar-refractivity contribution in [1.82, 2.24) is 4.98 Å². The zero-order valence-electron chi connectivity index (χ0n) is 15.0. The van der Waals surface area contributed by atoms with Crippen molar-refractivity contribution in [1.29, 1.82) is 0 Å². The summed E-state index contributed by atoms with van der Waals surface area (Å²) in [4.78, 5) is 14.6. The molecule has 2 unspecified atom stereocenters. The molecule has 0 amide bonds. The predicted molar refractivity (Wildman–Crippen MR) is 94.2 cm³/mol. The molecule has 0 spiro atoms. The van der Waals surface area contributed by atoms with Crippen LogP contribution < -0.4 is 0 Å². The number of hydrogen-bond acceptors (Lipinski definition) is 6. The zero-order chi connectivity index (χ0) is 18.6. The molecular formula is C20H23NO5. The van der Waals surface area contributed by atoms with Crippen LogP contribution in [0.1, 0.15) is 54.9 Å². The highest BCUT2D eigenvalue weighted by molar-refractivity contribution is 5.48. The number of aliphatic hydroxyl groups is 1. The number of oxazole rings is 1. The van der Waals surface area contributed by atoms with Crippen molar-refractivity contribution in [3.8, 4) is 0 Å². The van der Waals surface area contributed by atoms with Gasteiger partial charge in [-0.2, -0.15) is 0 Å². The fourth-order valence-corrected chi connectivity index (χ4v) is 3.32. The zero-order valence-corrected chi connectivity index (χ0v) is 15.0. The molecule has 1 aliphatic rings. The standard InChI is InChI=1S/C20H23NO5/c1-14-15(5-3-7-16(23)13-22)6-4-8-17(14)18-9-11-25-20(2,26-18)19-21-10-12-24-19/h4,6,8,10,12,18,23H,3,5,7,9,11H2,1-2H3. The van der Waals surface area contributed by atoms with E-state index in [4.69, 9.17) is 13.9 Å². The Morgan fingerprint density at radius 1 is 1.46 bits per heavy atom. The van der Waals surface area contributed by atoms with Crippen molar-refractivity contribution in [3.63, 3.8) is 0 Å².